The molecule has 30 heavy (non-hydrogen) atoms. The van der Waals surface area contributed by atoms with Crippen LogP contribution in [0, 0.1) is 0 Å². The summed E-state index contributed by atoms with van der Waals surface area (Å²) in [4.78, 5) is 20.8. The van der Waals surface area contributed by atoms with E-state index in [1.807, 2.05) is 24.3 Å². The zero-order valence-electron chi connectivity index (χ0n) is 17.1. The van der Waals surface area contributed by atoms with Crippen LogP contribution in [0.2, 0.25) is 0 Å². The van der Waals surface area contributed by atoms with Crippen molar-refractivity contribution in [1.29, 1.82) is 0 Å². The second kappa shape index (κ2) is 8.65. The molecule has 3 heterocycles. The van der Waals surface area contributed by atoms with Crippen LogP contribution in [0.1, 0.15) is 12.8 Å². The lowest BCUT2D eigenvalue weighted by molar-refractivity contribution is -0.132. The molecule has 0 spiro atoms. The zero-order chi connectivity index (χ0) is 21.1. The highest BCUT2D eigenvalue weighted by Gasteiger charge is 2.29. The normalized spacial score (nSPS) is 18.0. The maximum Gasteiger partial charge on any atom is 0.262 e. The van der Waals surface area contributed by atoms with Gasteiger partial charge in [-0.25, -0.2) is 13.4 Å². The Hall–Kier alpha value is -2.59. The molecule has 1 aromatic heterocycles. The molecular weight excluding hydrogens is 406 g/mol. The van der Waals surface area contributed by atoms with Gasteiger partial charge in [0.05, 0.1) is 19.1 Å². The molecule has 162 valence electrons. The van der Waals surface area contributed by atoms with Gasteiger partial charge in [-0.05, 0) is 25.0 Å². The number of imidazole rings is 1. The van der Waals surface area contributed by atoms with E-state index >= 15 is 0 Å². The quantitative estimate of drug-likeness (QED) is 0.676. The minimum atomic E-state index is -3.57. The first-order valence-corrected chi connectivity index (χ1v) is 11.6. The number of hydrogen-bond donors (Lipinski definition) is 0. The van der Waals surface area contributed by atoms with Crippen molar-refractivity contribution in [2.24, 2.45) is 0 Å². The minimum Gasteiger partial charge on any atom is -0.495 e. The summed E-state index contributed by atoms with van der Waals surface area (Å²) in [7, 11) is -1.91. The molecule has 0 N–H and O–H groups in total. The van der Waals surface area contributed by atoms with Crippen molar-refractivity contribution in [1.82, 2.24) is 18.8 Å². The van der Waals surface area contributed by atoms with E-state index in [1.165, 1.54) is 16.8 Å². The number of methoxy groups -OCH3 is 1. The number of nitrogens with zero attached hydrogens (tertiary/aromatic N) is 5. The number of hydrogen-bond acceptors (Lipinski definition) is 6. The Balaban J connectivity index is 1.35. The fraction of sp³-hybridized carbons (Fsp3) is 0.500. The van der Waals surface area contributed by atoms with Gasteiger partial charge in [-0.15, -0.1) is 0 Å². The molecule has 0 atom stereocenters. The first-order chi connectivity index (χ1) is 14.5. The van der Waals surface area contributed by atoms with Crippen LogP contribution in [0.25, 0.3) is 0 Å². The number of carbonyl (C=O) groups is 1. The molecule has 2 aromatic rings. The standard InChI is InChI=1S/C20H27N5O4S/c1-29-18-7-3-2-6-17(18)23-10-12-24(13-11-23)20(26)15-22-14-19(21-16-22)30(27,28)25-8-4-5-9-25/h2-3,6-7,14,16H,4-5,8-13,15H2,1H3. The van der Waals surface area contributed by atoms with E-state index in [1.54, 1.807) is 16.6 Å². The SMILES string of the molecule is COc1ccccc1N1CCN(C(=O)Cn2cnc(S(=O)(=O)N3CCCC3)c2)CC1. The van der Waals surface area contributed by atoms with Crippen molar-refractivity contribution in [3.63, 3.8) is 0 Å². The Morgan fingerprint density at radius 2 is 1.77 bits per heavy atom. The maximum atomic E-state index is 12.7. The molecule has 2 saturated heterocycles. The van der Waals surface area contributed by atoms with E-state index in [2.05, 4.69) is 9.88 Å². The lowest BCUT2D eigenvalue weighted by atomic mass is 10.2. The topological polar surface area (TPSA) is 88.0 Å². The summed E-state index contributed by atoms with van der Waals surface area (Å²) in [5.41, 5.74) is 1.03. The van der Waals surface area contributed by atoms with Crippen molar-refractivity contribution in [2.75, 3.05) is 51.3 Å². The monoisotopic (exact) mass is 433 g/mol. The Labute approximate surface area is 176 Å². The highest BCUT2D eigenvalue weighted by Crippen LogP contribution is 2.28. The Kier molecular flexibility index (Phi) is 5.96. The minimum absolute atomic E-state index is 0.0122. The van der Waals surface area contributed by atoms with E-state index in [0.717, 1.165) is 24.3 Å². The number of anilines is 1. The third kappa shape index (κ3) is 4.15. The molecule has 2 fully saturated rings. The van der Waals surface area contributed by atoms with Crippen LogP contribution < -0.4 is 9.64 Å². The van der Waals surface area contributed by atoms with Crippen LogP contribution in [0.3, 0.4) is 0 Å². The average molecular weight is 434 g/mol. The first kappa shape index (κ1) is 20.7. The molecule has 0 bridgehead atoms. The lowest BCUT2D eigenvalue weighted by Gasteiger charge is -2.36. The number of rotatable bonds is 6. The van der Waals surface area contributed by atoms with Crippen LogP contribution in [0.4, 0.5) is 5.69 Å². The molecule has 0 radical (unpaired) electrons. The summed E-state index contributed by atoms with van der Waals surface area (Å²) < 4.78 is 33.6. The Morgan fingerprint density at radius 1 is 1.07 bits per heavy atom. The van der Waals surface area contributed by atoms with Crippen molar-refractivity contribution in [3.8, 4) is 5.75 Å². The fourth-order valence-corrected chi connectivity index (χ4v) is 5.42. The van der Waals surface area contributed by atoms with Crippen LogP contribution in [-0.2, 0) is 21.4 Å². The predicted molar refractivity (Wildman–Crippen MR) is 112 cm³/mol. The molecule has 4 rings (SSSR count). The van der Waals surface area contributed by atoms with Crippen molar-refractivity contribution in [2.45, 2.75) is 24.4 Å². The smallest absolute Gasteiger partial charge is 0.262 e. The molecular formula is C20H27N5O4S. The maximum absolute atomic E-state index is 12.7. The summed E-state index contributed by atoms with van der Waals surface area (Å²) >= 11 is 0. The van der Waals surface area contributed by atoms with Gasteiger partial charge in [-0.2, -0.15) is 4.31 Å². The van der Waals surface area contributed by atoms with Gasteiger partial charge in [0.2, 0.25) is 5.91 Å². The third-order valence-corrected chi connectivity index (χ3v) is 7.44. The summed E-state index contributed by atoms with van der Waals surface area (Å²) in [5.74, 6) is 0.777. The van der Waals surface area contributed by atoms with Gasteiger partial charge in [0.1, 0.15) is 12.3 Å². The van der Waals surface area contributed by atoms with E-state index < -0.39 is 10.0 Å². The van der Waals surface area contributed by atoms with Crippen molar-refractivity contribution in [3.05, 3.63) is 36.8 Å². The van der Waals surface area contributed by atoms with Crippen LogP contribution in [0.15, 0.2) is 41.8 Å². The first-order valence-electron chi connectivity index (χ1n) is 10.2. The van der Waals surface area contributed by atoms with Gasteiger partial charge >= 0.3 is 0 Å². The molecule has 1 aromatic carbocycles. The van der Waals surface area contributed by atoms with Crippen molar-refractivity contribution < 1.29 is 17.9 Å². The highest BCUT2D eigenvalue weighted by atomic mass is 32.2. The number of piperazine rings is 1. The largest absolute Gasteiger partial charge is 0.495 e. The average Bonchev–Trinajstić information content (AvgIpc) is 3.47. The number of ether oxygens (including phenoxy) is 1. The Bertz CT molecular complexity index is 992. The van der Waals surface area contributed by atoms with Gasteiger partial charge in [0, 0.05) is 45.5 Å². The van der Waals surface area contributed by atoms with Gasteiger partial charge in [-0.1, -0.05) is 12.1 Å². The summed E-state index contributed by atoms with van der Waals surface area (Å²) in [6, 6.07) is 7.86. The van der Waals surface area contributed by atoms with E-state index in [4.69, 9.17) is 4.74 Å². The van der Waals surface area contributed by atoms with E-state index in [0.29, 0.717) is 39.3 Å². The summed E-state index contributed by atoms with van der Waals surface area (Å²) in [5, 5.41) is 0.0122. The highest BCUT2D eigenvalue weighted by molar-refractivity contribution is 7.89. The van der Waals surface area contributed by atoms with Gasteiger partial charge < -0.3 is 19.1 Å². The zero-order valence-corrected chi connectivity index (χ0v) is 17.9. The predicted octanol–water partition coefficient (Wildman–Crippen LogP) is 1.03. The van der Waals surface area contributed by atoms with Crippen LogP contribution >= 0.6 is 0 Å². The second-order valence-electron chi connectivity index (χ2n) is 7.54. The van der Waals surface area contributed by atoms with Gasteiger partial charge in [0.25, 0.3) is 10.0 Å². The third-order valence-electron chi connectivity index (χ3n) is 5.65. The summed E-state index contributed by atoms with van der Waals surface area (Å²) in [6.45, 7) is 3.77. The molecule has 0 aliphatic carbocycles. The Morgan fingerprint density at radius 3 is 2.47 bits per heavy atom. The molecule has 2 aliphatic rings. The molecule has 1 amide bonds. The summed E-state index contributed by atoms with van der Waals surface area (Å²) in [6.07, 6.45) is 4.63. The fourth-order valence-electron chi connectivity index (χ4n) is 3.96. The van der Waals surface area contributed by atoms with Crippen LogP contribution in [-0.4, -0.2) is 79.5 Å². The van der Waals surface area contributed by atoms with Crippen molar-refractivity contribution >= 4 is 21.6 Å². The second-order valence-corrected chi connectivity index (χ2v) is 9.42. The number of amides is 1. The molecule has 0 unspecified atom stereocenters. The molecule has 9 nitrogen and oxygen atoms in total. The van der Waals surface area contributed by atoms with Gasteiger partial charge in [-0.3, -0.25) is 4.79 Å². The molecule has 0 saturated carbocycles. The molecule has 10 heteroatoms. The number of carbonyl (C=O) groups excluding carboxylic acids is 1. The van der Waals surface area contributed by atoms with E-state index in [-0.39, 0.29) is 17.5 Å². The molecule has 2 aliphatic heterocycles. The number of para-hydroxylation sites is 2. The number of sulfonamides is 1. The van der Waals surface area contributed by atoms with Crippen LogP contribution in [0.5, 0.6) is 5.75 Å². The number of benzene rings is 1. The van der Waals surface area contributed by atoms with Gasteiger partial charge in [0.15, 0.2) is 5.03 Å². The number of aromatic nitrogens is 2. The lowest BCUT2D eigenvalue weighted by Crippen LogP contribution is -2.49. The van der Waals surface area contributed by atoms with E-state index in [9.17, 15) is 13.2 Å².